The van der Waals surface area contributed by atoms with Gasteiger partial charge in [0.2, 0.25) is 0 Å². The van der Waals surface area contributed by atoms with E-state index >= 15 is 0 Å². The first-order valence-electron chi connectivity index (χ1n) is 8.76. The SMILES string of the molecule is CCCCNCc1c(-c2ccncc2)c(-c2ccc(F)cc2)cn1C. The fraction of sp³-hybridized carbons (Fsp3) is 0.286. The van der Waals surface area contributed by atoms with Crippen LogP contribution in [0.5, 0.6) is 0 Å². The zero-order valence-electron chi connectivity index (χ0n) is 14.8. The lowest BCUT2D eigenvalue weighted by molar-refractivity contribution is 0.620. The first-order chi connectivity index (χ1) is 12.2. The molecule has 0 unspecified atom stereocenters. The Bertz CT molecular complexity index is 807. The lowest BCUT2D eigenvalue weighted by Gasteiger charge is -2.11. The molecule has 1 aromatic carbocycles. The summed E-state index contributed by atoms with van der Waals surface area (Å²) in [7, 11) is 2.06. The van der Waals surface area contributed by atoms with E-state index < -0.39 is 0 Å². The maximum Gasteiger partial charge on any atom is 0.123 e. The van der Waals surface area contributed by atoms with E-state index in [1.165, 1.54) is 36.2 Å². The summed E-state index contributed by atoms with van der Waals surface area (Å²) in [6.07, 6.45) is 8.09. The Morgan fingerprint density at radius 2 is 1.76 bits per heavy atom. The molecule has 2 heterocycles. The van der Waals surface area contributed by atoms with E-state index in [1.54, 1.807) is 0 Å². The third-order valence-electron chi connectivity index (χ3n) is 4.43. The fourth-order valence-electron chi connectivity index (χ4n) is 3.08. The number of hydrogen-bond donors (Lipinski definition) is 1. The largest absolute Gasteiger partial charge is 0.352 e. The third-order valence-corrected chi connectivity index (χ3v) is 4.43. The van der Waals surface area contributed by atoms with Gasteiger partial charge in [-0.15, -0.1) is 0 Å². The molecule has 0 spiro atoms. The summed E-state index contributed by atoms with van der Waals surface area (Å²) >= 11 is 0. The second kappa shape index (κ2) is 8.08. The van der Waals surface area contributed by atoms with E-state index in [9.17, 15) is 4.39 Å². The van der Waals surface area contributed by atoms with Gasteiger partial charge in [0.25, 0.3) is 0 Å². The first-order valence-corrected chi connectivity index (χ1v) is 8.76. The zero-order chi connectivity index (χ0) is 17.6. The molecule has 0 aliphatic rings. The highest BCUT2D eigenvalue weighted by atomic mass is 19.1. The fourth-order valence-corrected chi connectivity index (χ4v) is 3.08. The number of unbranched alkanes of at least 4 members (excludes halogenated alkanes) is 1. The Kier molecular flexibility index (Phi) is 5.61. The van der Waals surface area contributed by atoms with Crippen LogP contribution in [-0.2, 0) is 13.6 Å². The predicted octanol–water partition coefficient (Wildman–Crippen LogP) is 4.78. The van der Waals surface area contributed by atoms with Crippen LogP contribution in [0.25, 0.3) is 22.3 Å². The average Bonchev–Trinajstić information content (AvgIpc) is 2.96. The molecule has 2 aromatic heterocycles. The molecule has 0 bridgehead atoms. The summed E-state index contributed by atoms with van der Waals surface area (Å²) in [6.45, 7) is 4.00. The van der Waals surface area contributed by atoms with E-state index in [-0.39, 0.29) is 5.82 Å². The monoisotopic (exact) mass is 337 g/mol. The van der Waals surface area contributed by atoms with E-state index in [0.29, 0.717) is 0 Å². The van der Waals surface area contributed by atoms with Crippen LogP contribution in [0.4, 0.5) is 4.39 Å². The Balaban J connectivity index is 2.04. The van der Waals surface area contributed by atoms with Crippen molar-refractivity contribution < 1.29 is 4.39 Å². The van der Waals surface area contributed by atoms with Crippen LogP contribution < -0.4 is 5.32 Å². The van der Waals surface area contributed by atoms with Crippen LogP contribution >= 0.6 is 0 Å². The van der Waals surface area contributed by atoms with Gasteiger partial charge >= 0.3 is 0 Å². The number of aromatic nitrogens is 2. The summed E-state index contributed by atoms with van der Waals surface area (Å²) in [4.78, 5) is 4.14. The predicted molar refractivity (Wildman–Crippen MR) is 101 cm³/mol. The lowest BCUT2D eigenvalue weighted by atomic mass is 9.97. The molecular weight excluding hydrogens is 313 g/mol. The van der Waals surface area contributed by atoms with E-state index in [0.717, 1.165) is 29.8 Å². The van der Waals surface area contributed by atoms with Gasteiger partial charge in [0.1, 0.15) is 5.82 Å². The smallest absolute Gasteiger partial charge is 0.123 e. The van der Waals surface area contributed by atoms with Gasteiger partial charge in [-0.2, -0.15) is 0 Å². The number of nitrogens with one attached hydrogen (secondary N) is 1. The molecule has 25 heavy (non-hydrogen) atoms. The van der Waals surface area contributed by atoms with Crippen LogP contribution in [0.2, 0.25) is 0 Å². The van der Waals surface area contributed by atoms with Gasteiger partial charge in [0, 0.05) is 49.0 Å². The number of halogens is 1. The van der Waals surface area contributed by atoms with Gasteiger partial charge in [-0.3, -0.25) is 4.98 Å². The molecule has 1 N–H and O–H groups in total. The number of hydrogen-bond acceptors (Lipinski definition) is 2. The molecule has 0 aliphatic carbocycles. The van der Waals surface area contributed by atoms with E-state index in [1.807, 2.05) is 36.7 Å². The van der Waals surface area contributed by atoms with Crippen molar-refractivity contribution in [2.24, 2.45) is 7.05 Å². The van der Waals surface area contributed by atoms with Gasteiger partial charge < -0.3 is 9.88 Å². The molecule has 0 aliphatic heterocycles. The lowest BCUT2D eigenvalue weighted by Crippen LogP contribution is -2.17. The van der Waals surface area contributed by atoms with Gasteiger partial charge in [-0.05, 0) is 48.4 Å². The zero-order valence-corrected chi connectivity index (χ0v) is 14.8. The average molecular weight is 337 g/mol. The Morgan fingerprint density at radius 3 is 2.44 bits per heavy atom. The highest BCUT2D eigenvalue weighted by molar-refractivity contribution is 5.85. The molecule has 0 saturated heterocycles. The highest BCUT2D eigenvalue weighted by Crippen LogP contribution is 2.36. The molecular formula is C21H24FN3. The number of nitrogens with zero attached hydrogens (tertiary/aromatic N) is 2. The van der Waals surface area contributed by atoms with Gasteiger partial charge in [0.15, 0.2) is 0 Å². The van der Waals surface area contributed by atoms with Gasteiger partial charge in [0.05, 0.1) is 0 Å². The van der Waals surface area contributed by atoms with Crippen molar-refractivity contribution in [3.05, 3.63) is 66.5 Å². The minimum absolute atomic E-state index is 0.216. The molecule has 3 nitrogen and oxygen atoms in total. The van der Waals surface area contributed by atoms with Crippen molar-refractivity contribution in [3.63, 3.8) is 0 Å². The van der Waals surface area contributed by atoms with Gasteiger partial charge in [-0.1, -0.05) is 25.5 Å². The van der Waals surface area contributed by atoms with Crippen LogP contribution in [-0.4, -0.2) is 16.1 Å². The van der Waals surface area contributed by atoms with Crippen molar-refractivity contribution >= 4 is 0 Å². The molecule has 0 amide bonds. The minimum Gasteiger partial charge on any atom is -0.352 e. The molecule has 0 saturated carbocycles. The summed E-state index contributed by atoms with van der Waals surface area (Å²) in [5.41, 5.74) is 5.66. The van der Waals surface area contributed by atoms with Crippen molar-refractivity contribution in [3.8, 4) is 22.3 Å². The Morgan fingerprint density at radius 1 is 1.04 bits per heavy atom. The molecule has 3 aromatic rings. The Hall–Kier alpha value is -2.46. The molecule has 0 fully saturated rings. The maximum atomic E-state index is 13.3. The van der Waals surface area contributed by atoms with Gasteiger partial charge in [-0.25, -0.2) is 4.39 Å². The summed E-state index contributed by atoms with van der Waals surface area (Å²) in [6, 6.07) is 10.7. The van der Waals surface area contributed by atoms with Crippen LogP contribution in [0.15, 0.2) is 55.0 Å². The van der Waals surface area contributed by atoms with E-state index in [2.05, 4.69) is 35.0 Å². The Labute approximate surface area is 148 Å². The minimum atomic E-state index is -0.216. The normalized spacial score (nSPS) is 11.0. The summed E-state index contributed by atoms with van der Waals surface area (Å²) in [5, 5.41) is 3.53. The molecule has 130 valence electrons. The van der Waals surface area contributed by atoms with Crippen molar-refractivity contribution in [1.82, 2.24) is 14.9 Å². The molecule has 4 heteroatoms. The molecule has 0 radical (unpaired) electrons. The number of rotatable bonds is 7. The molecule has 0 atom stereocenters. The van der Waals surface area contributed by atoms with E-state index in [4.69, 9.17) is 0 Å². The number of benzene rings is 1. The van der Waals surface area contributed by atoms with Crippen LogP contribution in [0, 0.1) is 5.82 Å². The summed E-state index contributed by atoms with van der Waals surface area (Å²) < 4.78 is 15.5. The standard InChI is InChI=1S/C21H24FN3/c1-3-4-11-24-14-20-21(17-9-12-23-13-10-17)19(15-25(20)2)16-5-7-18(22)8-6-16/h5-10,12-13,15,24H,3-4,11,14H2,1-2H3. The van der Waals surface area contributed by atoms with Crippen LogP contribution in [0.1, 0.15) is 25.5 Å². The second-order valence-electron chi connectivity index (χ2n) is 6.25. The van der Waals surface area contributed by atoms with Crippen LogP contribution in [0.3, 0.4) is 0 Å². The topological polar surface area (TPSA) is 29.9 Å². The number of pyridine rings is 1. The van der Waals surface area contributed by atoms with Crippen molar-refractivity contribution in [2.45, 2.75) is 26.3 Å². The van der Waals surface area contributed by atoms with Crippen molar-refractivity contribution in [1.29, 1.82) is 0 Å². The van der Waals surface area contributed by atoms with Crippen molar-refractivity contribution in [2.75, 3.05) is 6.54 Å². The quantitative estimate of drug-likeness (QED) is 0.629. The third kappa shape index (κ3) is 3.97. The first kappa shape index (κ1) is 17.4. The summed E-state index contributed by atoms with van der Waals surface area (Å²) in [5.74, 6) is -0.216. The number of aryl methyl sites for hydroxylation is 1. The highest BCUT2D eigenvalue weighted by Gasteiger charge is 2.17. The molecule has 3 rings (SSSR count). The maximum absolute atomic E-state index is 13.3. The second-order valence-corrected chi connectivity index (χ2v) is 6.25.